The highest BCUT2D eigenvalue weighted by Crippen LogP contribution is 2.27. The lowest BCUT2D eigenvalue weighted by atomic mass is 10.1. The summed E-state index contributed by atoms with van der Waals surface area (Å²) < 4.78 is 12.4. The zero-order chi connectivity index (χ0) is 14.1. The second-order valence-corrected chi connectivity index (χ2v) is 4.79. The van der Waals surface area contributed by atoms with Crippen molar-refractivity contribution in [1.29, 1.82) is 0 Å². The second kappa shape index (κ2) is 5.13. The number of hydrogen-bond donors (Lipinski definition) is 1. The molecule has 0 aliphatic carbocycles. The predicted molar refractivity (Wildman–Crippen MR) is 72.5 cm³/mol. The van der Waals surface area contributed by atoms with Crippen LogP contribution in [-0.2, 0) is 17.6 Å². The van der Waals surface area contributed by atoms with Crippen LogP contribution in [0.5, 0.6) is 11.8 Å². The maximum absolute atomic E-state index is 10.0. The van der Waals surface area contributed by atoms with Crippen LogP contribution in [-0.4, -0.2) is 40.2 Å². The molecule has 0 aromatic carbocycles. The molecular formula is C14H17N3O3. The number of fused-ring (bicyclic) bond motifs is 1. The number of aromatic nitrogens is 3. The molecule has 6 heteroatoms. The second-order valence-electron chi connectivity index (χ2n) is 4.79. The minimum atomic E-state index is 0.0824. The Morgan fingerprint density at radius 1 is 1.35 bits per heavy atom. The van der Waals surface area contributed by atoms with Crippen molar-refractivity contribution in [3.8, 4) is 17.4 Å². The molecule has 20 heavy (non-hydrogen) atoms. The van der Waals surface area contributed by atoms with Gasteiger partial charge in [0.1, 0.15) is 0 Å². The minimum Gasteiger partial charge on any atom is -0.492 e. The Hall–Kier alpha value is -2.08. The smallest absolute Gasteiger partial charge is 0.234 e. The highest BCUT2D eigenvalue weighted by Gasteiger charge is 2.20. The number of methoxy groups -OCH3 is 1. The number of ether oxygens (including phenoxy) is 2. The van der Waals surface area contributed by atoms with E-state index in [4.69, 9.17) is 9.47 Å². The molecule has 0 atom stereocenters. The summed E-state index contributed by atoms with van der Waals surface area (Å²) in [6.45, 7) is 3.19. The summed E-state index contributed by atoms with van der Waals surface area (Å²) in [4.78, 5) is 4.26. The molecule has 2 aromatic heterocycles. The van der Waals surface area contributed by atoms with Gasteiger partial charge < -0.3 is 14.6 Å². The van der Waals surface area contributed by atoms with E-state index < -0.39 is 0 Å². The van der Waals surface area contributed by atoms with Gasteiger partial charge in [0.15, 0.2) is 0 Å². The predicted octanol–water partition coefficient (Wildman–Crippen LogP) is 1.41. The van der Waals surface area contributed by atoms with Crippen molar-refractivity contribution in [2.24, 2.45) is 0 Å². The van der Waals surface area contributed by atoms with E-state index >= 15 is 0 Å². The number of pyridine rings is 1. The molecule has 0 fully saturated rings. The highest BCUT2D eigenvalue weighted by molar-refractivity contribution is 5.42. The summed E-state index contributed by atoms with van der Waals surface area (Å²) in [6, 6.07) is 1.95. The van der Waals surface area contributed by atoms with Crippen molar-refractivity contribution in [1.82, 2.24) is 14.8 Å². The van der Waals surface area contributed by atoms with Crippen LogP contribution >= 0.6 is 0 Å². The van der Waals surface area contributed by atoms with E-state index in [9.17, 15) is 5.11 Å². The molecule has 1 N–H and O–H groups in total. The van der Waals surface area contributed by atoms with Crippen LogP contribution in [0.4, 0.5) is 0 Å². The number of aryl methyl sites for hydroxylation is 1. The SMILES string of the molecule is COc1ncc(-n2nc(O)c3c2CCOCC3)cc1C. The summed E-state index contributed by atoms with van der Waals surface area (Å²) in [7, 11) is 1.60. The van der Waals surface area contributed by atoms with E-state index in [1.165, 1.54) is 0 Å². The van der Waals surface area contributed by atoms with Gasteiger partial charge in [0.2, 0.25) is 11.8 Å². The van der Waals surface area contributed by atoms with Crippen LogP contribution < -0.4 is 4.74 Å². The van der Waals surface area contributed by atoms with Crippen molar-refractivity contribution < 1.29 is 14.6 Å². The fourth-order valence-corrected chi connectivity index (χ4v) is 2.52. The third-order valence-electron chi connectivity index (χ3n) is 3.50. The summed E-state index contributed by atoms with van der Waals surface area (Å²) in [6.07, 6.45) is 3.11. The maximum Gasteiger partial charge on any atom is 0.234 e. The van der Waals surface area contributed by atoms with Crippen LogP contribution in [0.1, 0.15) is 16.8 Å². The first-order chi connectivity index (χ1) is 9.70. The van der Waals surface area contributed by atoms with Gasteiger partial charge in [0, 0.05) is 24.0 Å². The van der Waals surface area contributed by atoms with Crippen LogP contribution in [0.15, 0.2) is 12.3 Å². The van der Waals surface area contributed by atoms with E-state index in [0.717, 1.165) is 28.9 Å². The summed E-state index contributed by atoms with van der Waals surface area (Å²) in [5.41, 5.74) is 3.61. The average molecular weight is 275 g/mol. The van der Waals surface area contributed by atoms with Crippen molar-refractivity contribution in [2.75, 3.05) is 20.3 Å². The minimum absolute atomic E-state index is 0.0824. The van der Waals surface area contributed by atoms with Gasteiger partial charge in [-0.2, -0.15) is 0 Å². The standard InChI is InChI=1S/C14H17N3O3/c1-9-7-10(8-15-14(9)19-2)17-12-4-6-20-5-3-11(12)13(18)16-17/h7-8H,3-6H2,1-2H3,(H,16,18). The average Bonchev–Trinajstić information content (AvgIpc) is 2.64. The zero-order valence-corrected chi connectivity index (χ0v) is 11.6. The Bertz CT molecular complexity index is 637. The molecule has 3 heterocycles. The molecule has 3 rings (SSSR count). The van der Waals surface area contributed by atoms with Crippen LogP contribution in [0.2, 0.25) is 0 Å². The van der Waals surface area contributed by atoms with E-state index in [1.54, 1.807) is 18.0 Å². The van der Waals surface area contributed by atoms with Crippen molar-refractivity contribution in [3.05, 3.63) is 29.1 Å². The Kier molecular flexibility index (Phi) is 3.31. The Labute approximate surface area is 117 Å². The van der Waals surface area contributed by atoms with Gasteiger partial charge in [0.25, 0.3) is 0 Å². The summed E-state index contributed by atoms with van der Waals surface area (Å²) in [5.74, 6) is 0.679. The van der Waals surface area contributed by atoms with E-state index in [0.29, 0.717) is 25.5 Å². The van der Waals surface area contributed by atoms with Gasteiger partial charge in [0.05, 0.1) is 37.9 Å². The molecule has 0 bridgehead atoms. The van der Waals surface area contributed by atoms with Gasteiger partial charge in [-0.05, 0) is 13.0 Å². The molecular weight excluding hydrogens is 258 g/mol. The molecule has 6 nitrogen and oxygen atoms in total. The molecule has 2 aromatic rings. The topological polar surface area (TPSA) is 69.4 Å². The van der Waals surface area contributed by atoms with Gasteiger partial charge in [-0.3, -0.25) is 0 Å². The van der Waals surface area contributed by atoms with Crippen molar-refractivity contribution in [2.45, 2.75) is 19.8 Å². The quantitative estimate of drug-likeness (QED) is 0.897. The zero-order valence-electron chi connectivity index (χ0n) is 11.6. The third kappa shape index (κ3) is 2.12. The Morgan fingerprint density at radius 3 is 2.90 bits per heavy atom. The Balaban J connectivity index is 2.08. The molecule has 0 radical (unpaired) electrons. The van der Waals surface area contributed by atoms with Crippen molar-refractivity contribution in [3.63, 3.8) is 0 Å². The van der Waals surface area contributed by atoms with Crippen molar-refractivity contribution >= 4 is 0 Å². The number of rotatable bonds is 2. The highest BCUT2D eigenvalue weighted by atomic mass is 16.5. The van der Waals surface area contributed by atoms with E-state index in [-0.39, 0.29) is 5.88 Å². The first-order valence-electron chi connectivity index (χ1n) is 6.59. The molecule has 1 aliphatic heterocycles. The fourth-order valence-electron chi connectivity index (χ4n) is 2.52. The van der Waals surface area contributed by atoms with E-state index in [1.807, 2.05) is 13.0 Å². The molecule has 0 unspecified atom stereocenters. The lowest BCUT2D eigenvalue weighted by Crippen LogP contribution is -2.06. The van der Waals surface area contributed by atoms with Gasteiger partial charge in [-0.25, -0.2) is 9.67 Å². The van der Waals surface area contributed by atoms with Crippen LogP contribution in [0, 0.1) is 6.92 Å². The number of hydrogen-bond acceptors (Lipinski definition) is 5. The molecule has 0 saturated heterocycles. The first kappa shape index (κ1) is 12.9. The molecule has 106 valence electrons. The monoisotopic (exact) mass is 275 g/mol. The van der Waals surface area contributed by atoms with Gasteiger partial charge in [-0.15, -0.1) is 5.10 Å². The molecule has 0 amide bonds. The fraction of sp³-hybridized carbons (Fsp3) is 0.429. The lowest BCUT2D eigenvalue weighted by molar-refractivity contribution is 0.145. The summed E-state index contributed by atoms with van der Waals surface area (Å²) >= 11 is 0. The largest absolute Gasteiger partial charge is 0.492 e. The first-order valence-corrected chi connectivity index (χ1v) is 6.59. The number of aromatic hydroxyl groups is 1. The molecule has 0 spiro atoms. The normalized spacial score (nSPS) is 14.7. The third-order valence-corrected chi connectivity index (χ3v) is 3.50. The van der Waals surface area contributed by atoms with E-state index in [2.05, 4.69) is 10.1 Å². The van der Waals surface area contributed by atoms with Crippen LogP contribution in [0.3, 0.4) is 0 Å². The van der Waals surface area contributed by atoms with Gasteiger partial charge in [-0.1, -0.05) is 0 Å². The lowest BCUT2D eigenvalue weighted by Gasteiger charge is -2.09. The van der Waals surface area contributed by atoms with Crippen LogP contribution in [0.25, 0.3) is 5.69 Å². The van der Waals surface area contributed by atoms with Gasteiger partial charge >= 0.3 is 0 Å². The Morgan fingerprint density at radius 2 is 2.15 bits per heavy atom. The molecule has 1 aliphatic rings. The number of nitrogens with zero attached hydrogens (tertiary/aromatic N) is 3. The molecule has 0 saturated carbocycles. The maximum atomic E-state index is 10.0. The summed E-state index contributed by atoms with van der Waals surface area (Å²) in [5, 5.41) is 14.2.